The van der Waals surface area contributed by atoms with Crippen molar-refractivity contribution in [3.8, 4) is 0 Å². The first-order valence-corrected chi connectivity index (χ1v) is 7.80. The van der Waals surface area contributed by atoms with Gasteiger partial charge in [-0.2, -0.15) is 0 Å². The van der Waals surface area contributed by atoms with E-state index in [4.69, 9.17) is 23.7 Å². The molecule has 1 aromatic rings. The Hall–Kier alpha value is -1.51. The Morgan fingerprint density at radius 1 is 1.21 bits per heavy atom. The number of esters is 1. The molecule has 0 amide bonds. The molecule has 2 saturated heterocycles. The average Bonchev–Trinajstić information content (AvgIpc) is 3.05. The minimum absolute atomic E-state index is 0.169. The molecule has 24 heavy (non-hydrogen) atoms. The van der Waals surface area contributed by atoms with Crippen molar-refractivity contribution in [2.75, 3.05) is 20.3 Å². The summed E-state index contributed by atoms with van der Waals surface area (Å²) in [6, 6.07) is 8.62. The van der Waals surface area contributed by atoms with E-state index in [2.05, 4.69) is 0 Å². The number of hydrogen-bond donors (Lipinski definition) is 1. The molecule has 2 heterocycles. The zero-order chi connectivity index (χ0) is 17.4. The molecular weight excluding hydrogens is 316 g/mol. The lowest BCUT2D eigenvalue weighted by Crippen LogP contribution is -2.50. The van der Waals surface area contributed by atoms with Crippen molar-refractivity contribution in [2.45, 2.75) is 43.7 Å². The zero-order valence-electron chi connectivity index (χ0n) is 13.9. The summed E-state index contributed by atoms with van der Waals surface area (Å²) in [5.74, 6) is -1.33. The van der Waals surface area contributed by atoms with Crippen LogP contribution in [0, 0.1) is 0 Å². The number of ether oxygens (including phenoxy) is 5. The highest BCUT2D eigenvalue weighted by molar-refractivity contribution is 5.89. The summed E-state index contributed by atoms with van der Waals surface area (Å²) in [7, 11) is 1.49. The Morgan fingerprint density at radius 2 is 1.92 bits per heavy atom. The highest BCUT2D eigenvalue weighted by atomic mass is 16.8. The number of fused-ring (bicyclic) bond motifs is 1. The topological polar surface area (TPSA) is 83.5 Å². The average molecular weight is 338 g/mol. The summed E-state index contributed by atoms with van der Waals surface area (Å²) in [5.41, 5.74) is -0.809. The molecule has 132 valence electrons. The van der Waals surface area contributed by atoms with Gasteiger partial charge in [-0.05, 0) is 26.0 Å². The van der Waals surface area contributed by atoms with Crippen LogP contribution in [0.25, 0.3) is 0 Å². The van der Waals surface area contributed by atoms with Crippen LogP contribution in [0.1, 0.15) is 24.2 Å². The molecule has 2 aliphatic rings. The van der Waals surface area contributed by atoms with Crippen LogP contribution in [-0.4, -0.2) is 61.3 Å². The van der Waals surface area contributed by atoms with Crippen molar-refractivity contribution >= 4 is 5.97 Å². The lowest BCUT2D eigenvalue weighted by atomic mass is 9.97. The number of aliphatic hydroxyl groups is 1. The maximum Gasteiger partial charge on any atom is 0.338 e. The highest BCUT2D eigenvalue weighted by Crippen LogP contribution is 2.44. The van der Waals surface area contributed by atoms with Crippen molar-refractivity contribution in [1.82, 2.24) is 0 Å². The van der Waals surface area contributed by atoms with E-state index in [1.54, 1.807) is 38.1 Å². The number of aliphatic hydroxyl groups excluding tert-OH is 1. The third-order valence-corrected chi connectivity index (χ3v) is 4.22. The number of methoxy groups -OCH3 is 1. The van der Waals surface area contributed by atoms with Crippen LogP contribution < -0.4 is 0 Å². The Bertz CT molecular complexity index is 588. The number of rotatable bonds is 5. The van der Waals surface area contributed by atoms with Crippen LogP contribution in [0.5, 0.6) is 0 Å². The molecule has 7 nitrogen and oxygen atoms in total. The van der Waals surface area contributed by atoms with Crippen molar-refractivity contribution in [3.63, 3.8) is 0 Å². The van der Waals surface area contributed by atoms with Crippen molar-refractivity contribution in [2.24, 2.45) is 0 Å². The molecule has 0 bridgehead atoms. The molecule has 2 fully saturated rings. The second-order valence-corrected chi connectivity index (χ2v) is 6.41. The largest absolute Gasteiger partial charge is 0.459 e. The molecule has 1 N–H and O–H groups in total. The van der Waals surface area contributed by atoms with Gasteiger partial charge in [-0.15, -0.1) is 0 Å². The van der Waals surface area contributed by atoms with E-state index in [1.807, 2.05) is 6.07 Å². The smallest absolute Gasteiger partial charge is 0.338 e. The molecule has 0 saturated carbocycles. The predicted octanol–water partition coefficient (Wildman–Crippen LogP) is 1.10. The quantitative estimate of drug-likeness (QED) is 0.805. The summed E-state index contributed by atoms with van der Waals surface area (Å²) in [5, 5.41) is 9.92. The van der Waals surface area contributed by atoms with E-state index >= 15 is 0 Å². The van der Waals surface area contributed by atoms with Gasteiger partial charge in [0.05, 0.1) is 12.2 Å². The van der Waals surface area contributed by atoms with Gasteiger partial charge in [0.25, 0.3) is 0 Å². The van der Waals surface area contributed by atoms with Gasteiger partial charge in [-0.3, -0.25) is 0 Å². The maximum absolute atomic E-state index is 12.2. The summed E-state index contributed by atoms with van der Waals surface area (Å²) in [4.78, 5) is 12.2. The summed E-state index contributed by atoms with van der Waals surface area (Å²) in [6.45, 7) is 2.99. The van der Waals surface area contributed by atoms with E-state index in [0.717, 1.165) is 0 Å². The Kier molecular flexibility index (Phi) is 4.63. The molecule has 0 spiro atoms. The van der Waals surface area contributed by atoms with E-state index in [1.165, 1.54) is 7.11 Å². The SMILES string of the molecule is COC1OC(CO)(COC(=O)c2ccccc2)C2OC(C)(C)OC12. The molecule has 3 rings (SSSR count). The minimum atomic E-state index is -1.23. The van der Waals surface area contributed by atoms with Crippen molar-refractivity contribution < 1.29 is 33.6 Å². The Balaban J connectivity index is 1.75. The van der Waals surface area contributed by atoms with E-state index in [9.17, 15) is 9.90 Å². The van der Waals surface area contributed by atoms with Gasteiger partial charge >= 0.3 is 5.97 Å². The van der Waals surface area contributed by atoms with Crippen LogP contribution >= 0.6 is 0 Å². The zero-order valence-corrected chi connectivity index (χ0v) is 13.9. The molecule has 4 unspecified atom stereocenters. The predicted molar refractivity (Wildman–Crippen MR) is 82.2 cm³/mol. The molecule has 2 aliphatic heterocycles. The second-order valence-electron chi connectivity index (χ2n) is 6.41. The van der Waals surface area contributed by atoms with Gasteiger partial charge in [-0.1, -0.05) is 18.2 Å². The maximum atomic E-state index is 12.2. The summed E-state index contributed by atoms with van der Waals surface area (Å²) in [6.07, 6.45) is -1.82. The number of hydrogen-bond acceptors (Lipinski definition) is 7. The fourth-order valence-corrected chi connectivity index (χ4v) is 3.08. The first-order valence-electron chi connectivity index (χ1n) is 7.80. The molecule has 7 heteroatoms. The van der Waals surface area contributed by atoms with Gasteiger partial charge in [0, 0.05) is 7.11 Å². The molecule has 4 atom stereocenters. The minimum Gasteiger partial charge on any atom is -0.459 e. The van der Waals surface area contributed by atoms with Crippen LogP contribution in [0.2, 0.25) is 0 Å². The molecular formula is C17H22O7. The summed E-state index contributed by atoms with van der Waals surface area (Å²) >= 11 is 0. The normalized spacial score (nSPS) is 34.1. The summed E-state index contributed by atoms with van der Waals surface area (Å²) < 4.78 is 28.1. The van der Waals surface area contributed by atoms with Gasteiger partial charge in [0.2, 0.25) is 0 Å². The third-order valence-electron chi connectivity index (χ3n) is 4.22. The molecule has 0 aliphatic carbocycles. The molecule has 1 aromatic carbocycles. The second kappa shape index (κ2) is 6.42. The lowest BCUT2D eigenvalue weighted by Gasteiger charge is -2.32. The fraction of sp³-hybridized carbons (Fsp3) is 0.588. The van der Waals surface area contributed by atoms with Crippen molar-refractivity contribution in [1.29, 1.82) is 0 Å². The monoisotopic (exact) mass is 338 g/mol. The van der Waals surface area contributed by atoms with Crippen LogP contribution in [0.15, 0.2) is 30.3 Å². The van der Waals surface area contributed by atoms with E-state index in [0.29, 0.717) is 5.56 Å². The first-order chi connectivity index (χ1) is 11.4. The molecule has 0 radical (unpaired) electrons. The highest BCUT2D eigenvalue weighted by Gasteiger charge is 2.63. The Labute approximate surface area is 140 Å². The van der Waals surface area contributed by atoms with E-state index < -0.39 is 42.5 Å². The Morgan fingerprint density at radius 3 is 2.54 bits per heavy atom. The van der Waals surface area contributed by atoms with Gasteiger partial charge in [0.15, 0.2) is 17.7 Å². The van der Waals surface area contributed by atoms with Crippen molar-refractivity contribution in [3.05, 3.63) is 35.9 Å². The van der Waals surface area contributed by atoms with Gasteiger partial charge < -0.3 is 28.8 Å². The van der Waals surface area contributed by atoms with Crippen LogP contribution in [-0.2, 0) is 23.7 Å². The number of benzene rings is 1. The fourth-order valence-electron chi connectivity index (χ4n) is 3.08. The number of carbonyl (C=O) groups excluding carboxylic acids is 1. The number of carbonyl (C=O) groups is 1. The standard InChI is InChI=1S/C17H22O7/c1-16(2)22-12-13(23-16)17(9-18,24-15(12)20-3)10-21-14(19)11-7-5-4-6-8-11/h4-8,12-13,15,18H,9-10H2,1-3H3. The van der Waals surface area contributed by atoms with Gasteiger partial charge in [-0.25, -0.2) is 4.79 Å². The lowest BCUT2D eigenvalue weighted by molar-refractivity contribution is -0.261. The third kappa shape index (κ3) is 3.05. The molecule has 0 aromatic heterocycles. The first kappa shape index (κ1) is 17.3. The van der Waals surface area contributed by atoms with E-state index in [-0.39, 0.29) is 6.61 Å². The van der Waals surface area contributed by atoms with Crippen LogP contribution in [0.3, 0.4) is 0 Å². The van der Waals surface area contributed by atoms with Crippen LogP contribution in [0.4, 0.5) is 0 Å². The van der Waals surface area contributed by atoms with Gasteiger partial charge in [0.1, 0.15) is 18.8 Å².